The number of aromatic hydroxyl groups is 1. The third-order valence-corrected chi connectivity index (χ3v) is 9.60. The molecule has 256 valence electrons. The van der Waals surface area contributed by atoms with Crippen LogP contribution >= 0.6 is 0 Å². The van der Waals surface area contributed by atoms with Gasteiger partial charge in [-0.3, -0.25) is 14.4 Å². The van der Waals surface area contributed by atoms with Crippen LogP contribution in [0, 0.1) is 12.7 Å². The molecule has 1 saturated heterocycles. The smallest absolute Gasteiger partial charge is 0.416 e. The molecular formula is C33H32F4N8O4. The van der Waals surface area contributed by atoms with E-state index in [0.717, 1.165) is 18.9 Å². The summed E-state index contributed by atoms with van der Waals surface area (Å²) in [6, 6.07) is 1.33. The van der Waals surface area contributed by atoms with E-state index >= 15 is 0 Å². The van der Waals surface area contributed by atoms with Gasteiger partial charge in [-0.15, -0.1) is 0 Å². The van der Waals surface area contributed by atoms with E-state index in [1.54, 1.807) is 22.6 Å². The predicted octanol–water partition coefficient (Wildman–Crippen LogP) is 4.33. The Morgan fingerprint density at radius 2 is 1.82 bits per heavy atom. The fourth-order valence-electron chi connectivity index (χ4n) is 6.80. The van der Waals surface area contributed by atoms with Crippen molar-refractivity contribution in [2.24, 2.45) is 0 Å². The number of rotatable bonds is 7. The molecule has 0 unspecified atom stereocenters. The van der Waals surface area contributed by atoms with Gasteiger partial charge < -0.3 is 24.8 Å². The second-order valence-corrected chi connectivity index (χ2v) is 12.6. The molecule has 0 spiro atoms. The first-order chi connectivity index (χ1) is 23.4. The number of alkyl halides is 3. The third kappa shape index (κ3) is 5.72. The number of carbonyl (C=O) groups is 2. The molecule has 3 aromatic heterocycles. The number of carbonyl (C=O) groups excluding carboxylic acids is 2. The zero-order valence-electron chi connectivity index (χ0n) is 26.6. The molecule has 3 aliphatic rings. The SMILES string of the molecule is CCc1c(N2CCN(C(=O)c3ncnc(C)c3O)[C@H]3CC[C@@H]32)c(=O)c2nc(C3CC3)cnc2n1CC(=O)Nc1ccc(C(F)(F)F)cc1F. The van der Waals surface area contributed by atoms with Gasteiger partial charge in [0.05, 0.1) is 34.9 Å². The minimum Gasteiger partial charge on any atom is -0.504 e. The average molecular weight is 681 g/mol. The van der Waals surface area contributed by atoms with Gasteiger partial charge in [0.1, 0.15) is 24.4 Å². The number of fused-ring (bicyclic) bond motifs is 2. The van der Waals surface area contributed by atoms with E-state index < -0.39 is 41.6 Å². The summed E-state index contributed by atoms with van der Waals surface area (Å²) in [5.41, 5.74) is -0.0815. The number of aromatic nitrogens is 5. The van der Waals surface area contributed by atoms with Gasteiger partial charge in [0, 0.05) is 30.7 Å². The van der Waals surface area contributed by atoms with E-state index in [9.17, 15) is 37.1 Å². The summed E-state index contributed by atoms with van der Waals surface area (Å²) in [7, 11) is 0. The lowest BCUT2D eigenvalue weighted by Crippen LogP contribution is -2.67. The maximum Gasteiger partial charge on any atom is 0.416 e. The highest BCUT2D eigenvalue weighted by Crippen LogP contribution is 2.41. The maximum absolute atomic E-state index is 14.6. The molecule has 2 aliphatic carbocycles. The summed E-state index contributed by atoms with van der Waals surface area (Å²) in [5, 5.41) is 12.8. The normalized spacial score (nSPS) is 19.1. The van der Waals surface area contributed by atoms with Crippen molar-refractivity contribution < 1.29 is 32.3 Å². The molecule has 4 aromatic rings. The number of nitrogens with zero attached hydrogens (tertiary/aromatic N) is 7. The van der Waals surface area contributed by atoms with Gasteiger partial charge in [0.25, 0.3) is 5.91 Å². The highest BCUT2D eigenvalue weighted by atomic mass is 19.4. The van der Waals surface area contributed by atoms with Crippen molar-refractivity contribution in [3.05, 3.63) is 75.1 Å². The first-order valence-corrected chi connectivity index (χ1v) is 16.0. The molecule has 7 rings (SSSR count). The molecule has 4 heterocycles. The van der Waals surface area contributed by atoms with Crippen molar-refractivity contribution in [1.29, 1.82) is 0 Å². The third-order valence-electron chi connectivity index (χ3n) is 9.60. The van der Waals surface area contributed by atoms with Crippen LogP contribution in [0.15, 0.2) is 35.5 Å². The molecule has 12 nitrogen and oxygen atoms in total. The van der Waals surface area contributed by atoms with E-state index in [1.165, 1.54) is 6.33 Å². The molecule has 2 atom stereocenters. The van der Waals surface area contributed by atoms with Gasteiger partial charge in [-0.25, -0.2) is 24.3 Å². The molecule has 16 heteroatoms. The van der Waals surface area contributed by atoms with Gasteiger partial charge in [-0.05, 0) is 57.2 Å². The zero-order chi connectivity index (χ0) is 34.8. The molecule has 1 aliphatic heterocycles. The van der Waals surface area contributed by atoms with Crippen LogP contribution in [0.1, 0.15) is 71.7 Å². The van der Waals surface area contributed by atoms with E-state index in [0.29, 0.717) is 48.5 Å². The summed E-state index contributed by atoms with van der Waals surface area (Å²) in [6.07, 6.45) is 1.50. The van der Waals surface area contributed by atoms with Crippen LogP contribution < -0.4 is 15.6 Å². The van der Waals surface area contributed by atoms with Crippen molar-refractivity contribution in [1.82, 2.24) is 29.4 Å². The van der Waals surface area contributed by atoms with Crippen molar-refractivity contribution in [2.45, 2.75) is 76.7 Å². The Balaban J connectivity index is 1.25. The number of piperazine rings is 1. The van der Waals surface area contributed by atoms with Gasteiger partial charge in [0.15, 0.2) is 22.6 Å². The van der Waals surface area contributed by atoms with Crippen LogP contribution in [0.25, 0.3) is 11.2 Å². The summed E-state index contributed by atoms with van der Waals surface area (Å²) in [4.78, 5) is 62.1. The Bertz CT molecular complexity index is 2070. The van der Waals surface area contributed by atoms with Gasteiger partial charge in [0.2, 0.25) is 11.3 Å². The fourth-order valence-corrected chi connectivity index (χ4v) is 6.80. The Morgan fingerprint density at radius 1 is 1.06 bits per heavy atom. The van der Waals surface area contributed by atoms with Crippen molar-refractivity contribution in [2.75, 3.05) is 23.3 Å². The van der Waals surface area contributed by atoms with Crippen LogP contribution in [0.4, 0.5) is 28.9 Å². The molecule has 2 amide bonds. The predicted molar refractivity (Wildman–Crippen MR) is 169 cm³/mol. The molecular weight excluding hydrogens is 648 g/mol. The fraction of sp³-hybridized carbons (Fsp3) is 0.424. The van der Waals surface area contributed by atoms with Crippen molar-refractivity contribution >= 4 is 34.4 Å². The molecule has 2 N–H and O–H groups in total. The van der Waals surface area contributed by atoms with Crippen LogP contribution in [-0.4, -0.2) is 71.5 Å². The number of pyridine rings is 1. The van der Waals surface area contributed by atoms with Crippen LogP contribution in [-0.2, 0) is 23.9 Å². The number of anilines is 2. The second-order valence-electron chi connectivity index (χ2n) is 12.6. The lowest BCUT2D eigenvalue weighted by Gasteiger charge is -2.54. The highest BCUT2D eigenvalue weighted by molar-refractivity contribution is 5.96. The summed E-state index contributed by atoms with van der Waals surface area (Å²) < 4.78 is 55.4. The molecule has 0 radical (unpaired) electrons. The number of amides is 2. The van der Waals surface area contributed by atoms with E-state index in [4.69, 9.17) is 4.98 Å². The molecule has 0 bridgehead atoms. The Morgan fingerprint density at radius 3 is 2.47 bits per heavy atom. The lowest BCUT2D eigenvalue weighted by molar-refractivity contribution is -0.137. The number of benzene rings is 1. The Hall–Kier alpha value is -5.15. The quantitative estimate of drug-likeness (QED) is 0.273. The number of nitrogens with one attached hydrogen (secondary N) is 1. The number of hydrogen-bond donors (Lipinski definition) is 2. The van der Waals surface area contributed by atoms with Gasteiger partial charge in [-0.2, -0.15) is 13.2 Å². The first kappa shape index (κ1) is 32.4. The number of halogens is 4. The van der Waals surface area contributed by atoms with E-state index in [2.05, 4.69) is 20.3 Å². The van der Waals surface area contributed by atoms with Gasteiger partial charge in [-0.1, -0.05) is 6.92 Å². The molecule has 2 saturated carbocycles. The minimum absolute atomic E-state index is 0.0703. The summed E-state index contributed by atoms with van der Waals surface area (Å²) >= 11 is 0. The minimum atomic E-state index is -4.75. The lowest BCUT2D eigenvalue weighted by atomic mass is 9.81. The number of aryl methyl sites for hydroxylation is 1. The average Bonchev–Trinajstić information content (AvgIpc) is 3.90. The zero-order valence-corrected chi connectivity index (χ0v) is 26.6. The monoisotopic (exact) mass is 680 g/mol. The maximum atomic E-state index is 14.6. The molecule has 3 fully saturated rings. The Kier molecular flexibility index (Phi) is 7.98. The van der Waals surface area contributed by atoms with Crippen LogP contribution in [0.5, 0.6) is 5.75 Å². The van der Waals surface area contributed by atoms with Crippen LogP contribution in [0.3, 0.4) is 0 Å². The summed E-state index contributed by atoms with van der Waals surface area (Å²) in [6.45, 7) is 3.46. The largest absolute Gasteiger partial charge is 0.504 e. The number of hydrogen-bond acceptors (Lipinski definition) is 9. The molecule has 1 aromatic carbocycles. The van der Waals surface area contributed by atoms with E-state index in [-0.39, 0.29) is 64.8 Å². The highest BCUT2D eigenvalue weighted by Gasteiger charge is 2.47. The van der Waals surface area contributed by atoms with E-state index in [1.807, 2.05) is 11.8 Å². The summed E-state index contributed by atoms with van der Waals surface area (Å²) in [5.74, 6) is -2.52. The first-order valence-electron chi connectivity index (χ1n) is 16.0. The molecule has 49 heavy (non-hydrogen) atoms. The van der Waals surface area contributed by atoms with Crippen molar-refractivity contribution in [3.63, 3.8) is 0 Å². The second kappa shape index (κ2) is 12.1. The van der Waals surface area contributed by atoms with Crippen molar-refractivity contribution in [3.8, 4) is 5.75 Å². The van der Waals surface area contributed by atoms with Crippen LogP contribution in [0.2, 0.25) is 0 Å². The Labute approximate surface area is 276 Å². The van der Waals surface area contributed by atoms with Gasteiger partial charge >= 0.3 is 6.18 Å². The topological polar surface area (TPSA) is 146 Å². The standard InChI is InChI=1S/C33H32F4N8O4/c1-3-22-28(43-10-11-44(24-9-8-23(24)43)32(49)27-29(47)16(2)39-15-40-27)30(48)26-31(38-13-21(42-26)17-4-5-17)45(22)14-25(46)41-20-7-6-18(12-19(20)34)33(35,36)37/h6-7,12-13,15,17,23-24,47H,3-5,8-11,14H2,1-2H3,(H,41,46)/t23-,24-/m0/s1.